The van der Waals surface area contributed by atoms with Crippen LogP contribution in [0.1, 0.15) is 32.6 Å². The van der Waals surface area contributed by atoms with E-state index >= 15 is 0 Å². The molecule has 16 heavy (non-hydrogen) atoms. The van der Waals surface area contributed by atoms with Crippen molar-refractivity contribution in [1.82, 2.24) is 0 Å². The lowest BCUT2D eigenvalue weighted by molar-refractivity contribution is -0.190. The molecule has 0 aromatic rings. The van der Waals surface area contributed by atoms with Gasteiger partial charge in [0, 0.05) is 0 Å². The molecule has 2 atom stereocenters. The van der Waals surface area contributed by atoms with E-state index in [-0.39, 0.29) is 25.9 Å². The maximum Gasteiger partial charge on any atom is 0.391 e. The normalized spacial score (nSPS) is 31.2. The zero-order valence-electron chi connectivity index (χ0n) is 9.14. The monoisotopic (exact) mass is 239 g/mol. The highest BCUT2D eigenvalue weighted by Crippen LogP contribution is 2.41. The summed E-state index contributed by atoms with van der Waals surface area (Å²) in [5.74, 6) is -2.21. The molecule has 0 spiro atoms. The molecule has 94 valence electrons. The van der Waals surface area contributed by atoms with E-state index in [1.165, 1.54) is 0 Å². The van der Waals surface area contributed by atoms with E-state index in [1.807, 2.05) is 0 Å². The molecule has 1 aliphatic rings. The van der Waals surface area contributed by atoms with Gasteiger partial charge in [-0.05, 0) is 26.2 Å². The summed E-state index contributed by atoms with van der Waals surface area (Å²) >= 11 is 0. The Morgan fingerprint density at radius 3 is 2.69 bits per heavy atom. The van der Waals surface area contributed by atoms with Gasteiger partial charge >= 0.3 is 12.1 Å². The molecule has 0 bridgehead atoms. The number of alkyl halides is 3. The average Bonchev–Trinajstić information content (AvgIpc) is 2.17. The predicted molar refractivity (Wildman–Crippen MR) is 51.6 cm³/mol. The lowest BCUT2D eigenvalue weighted by Gasteiger charge is -2.36. The number of carbonyl (C=O) groups is 1. The van der Waals surface area contributed by atoms with Gasteiger partial charge in [0.1, 0.15) is 5.54 Å². The molecule has 0 aliphatic heterocycles. The highest BCUT2D eigenvalue weighted by molar-refractivity contribution is 5.80. The fourth-order valence-corrected chi connectivity index (χ4v) is 2.05. The third-order valence-corrected chi connectivity index (χ3v) is 2.93. The highest BCUT2D eigenvalue weighted by Gasteiger charge is 2.49. The minimum Gasteiger partial charge on any atom is -0.465 e. The first-order chi connectivity index (χ1) is 7.29. The number of ether oxygens (including phenoxy) is 1. The maximum absolute atomic E-state index is 12.5. The largest absolute Gasteiger partial charge is 0.465 e. The minimum atomic E-state index is -4.28. The molecule has 0 heterocycles. The van der Waals surface area contributed by atoms with Crippen molar-refractivity contribution >= 4 is 5.97 Å². The number of rotatable bonds is 2. The second kappa shape index (κ2) is 4.61. The molecule has 2 unspecified atom stereocenters. The maximum atomic E-state index is 12.5. The number of esters is 1. The molecule has 1 aliphatic carbocycles. The van der Waals surface area contributed by atoms with Crippen LogP contribution in [0.2, 0.25) is 0 Å². The van der Waals surface area contributed by atoms with Gasteiger partial charge in [-0.1, -0.05) is 6.42 Å². The van der Waals surface area contributed by atoms with Crippen LogP contribution in [0.15, 0.2) is 0 Å². The van der Waals surface area contributed by atoms with E-state index in [9.17, 15) is 18.0 Å². The van der Waals surface area contributed by atoms with Gasteiger partial charge in [-0.2, -0.15) is 13.2 Å². The van der Waals surface area contributed by atoms with Crippen molar-refractivity contribution in [2.75, 3.05) is 6.61 Å². The number of hydrogen-bond donors (Lipinski definition) is 1. The van der Waals surface area contributed by atoms with Crippen LogP contribution in [0.25, 0.3) is 0 Å². The van der Waals surface area contributed by atoms with Gasteiger partial charge in [0.2, 0.25) is 0 Å². The summed E-state index contributed by atoms with van der Waals surface area (Å²) in [4.78, 5) is 11.5. The van der Waals surface area contributed by atoms with Crippen molar-refractivity contribution in [1.29, 1.82) is 0 Å². The Kier molecular flexibility index (Phi) is 3.83. The first-order valence-electron chi connectivity index (χ1n) is 5.32. The van der Waals surface area contributed by atoms with E-state index in [1.54, 1.807) is 6.92 Å². The molecule has 1 rings (SSSR count). The first-order valence-corrected chi connectivity index (χ1v) is 5.32. The molecule has 0 radical (unpaired) electrons. The quantitative estimate of drug-likeness (QED) is 0.750. The van der Waals surface area contributed by atoms with Gasteiger partial charge < -0.3 is 10.5 Å². The molecule has 0 aromatic heterocycles. The van der Waals surface area contributed by atoms with Gasteiger partial charge in [0.05, 0.1) is 12.5 Å². The Balaban J connectivity index is 2.72. The first kappa shape index (κ1) is 13.3. The van der Waals surface area contributed by atoms with Crippen molar-refractivity contribution in [2.45, 2.75) is 44.3 Å². The van der Waals surface area contributed by atoms with Gasteiger partial charge in [-0.15, -0.1) is 0 Å². The van der Waals surface area contributed by atoms with Crippen LogP contribution < -0.4 is 5.73 Å². The van der Waals surface area contributed by atoms with Crippen LogP contribution in [0.4, 0.5) is 13.2 Å². The van der Waals surface area contributed by atoms with Gasteiger partial charge in [-0.3, -0.25) is 4.79 Å². The van der Waals surface area contributed by atoms with Crippen LogP contribution >= 0.6 is 0 Å². The fraction of sp³-hybridized carbons (Fsp3) is 0.900. The van der Waals surface area contributed by atoms with Crippen LogP contribution in [-0.2, 0) is 9.53 Å². The van der Waals surface area contributed by atoms with Crippen molar-refractivity contribution in [2.24, 2.45) is 11.7 Å². The van der Waals surface area contributed by atoms with Gasteiger partial charge in [0.25, 0.3) is 0 Å². The molecular weight excluding hydrogens is 223 g/mol. The summed E-state index contributed by atoms with van der Waals surface area (Å²) in [5, 5.41) is 0. The summed E-state index contributed by atoms with van der Waals surface area (Å²) in [6.07, 6.45) is -4.04. The fourth-order valence-electron chi connectivity index (χ4n) is 2.05. The Hall–Kier alpha value is -0.780. The standard InChI is InChI=1S/C10H16F3NO2/c1-2-16-8(15)9(14)5-3-4-7(6-9)10(11,12)13/h7H,2-6,14H2,1H3. The molecular formula is C10H16F3NO2. The third kappa shape index (κ3) is 2.87. The smallest absolute Gasteiger partial charge is 0.391 e. The Labute approximate surface area is 92.1 Å². The van der Waals surface area contributed by atoms with E-state index in [2.05, 4.69) is 0 Å². The number of carbonyl (C=O) groups excluding carboxylic acids is 1. The number of halogens is 3. The van der Waals surface area contributed by atoms with Gasteiger partial charge in [-0.25, -0.2) is 0 Å². The SMILES string of the molecule is CCOC(=O)C1(N)CCCC(C(F)(F)F)C1. The van der Waals surface area contributed by atoms with Gasteiger partial charge in [0.15, 0.2) is 0 Å². The summed E-state index contributed by atoms with van der Waals surface area (Å²) in [7, 11) is 0. The number of nitrogens with two attached hydrogens (primary N) is 1. The molecule has 3 nitrogen and oxygen atoms in total. The molecule has 0 saturated heterocycles. The Morgan fingerprint density at radius 2 is 2.19 bits per heavy atom. The lowest BCUT2D eigenvalue weighted by atomic mass is 9.76. The van der Waals surface area contributed by atoms with E-state index < -0.39 is 23.6 Å². The molecule has 6 heteroatoms. The zero-order valence-corrected chi connectivity index (χ0v) is 9.14. The second-order valence-electron chi connectivity index (χ2n) is 4.21. The summed E-state index contributed by atoms with van der Waals surface area (Å²) in [6.45, 7) is 1.74. The van der Waals surface area contributed by atoms with Crippen LogP contribution in [0.3, 0.4) is 0 Å². The van der Waals surface area contributed by atoms with Crippen molar-refractivity contribution in [3.8, 4) is 0 Å². The molecule has 2 N–H and O–H groups in total. The summed E-state index contributed by atoms with van der Waals surface area (Å²) in [6, 6.07) is 0. The Bertz CT molecular complexity index is 267. The van der Waals surface area contributed by atoms with Crippen LogP contribution in [-0.4, -0.2) is 24.3 Å². The van der Waals surface area contributed by atoms with Crippen molar-refractivity contribution in [3.63, 3.8) is 0 Å². The minimum absolute atomic E-state index is 0.0435. The number of hydrogen-bond acceptors (Lipinski definition) is 3. The predicted octanol–water partition coefficient (Wildman–Crippen LogP) is 2.00. The van der Waals surface area contributed by atoms with Crippen LogP contribution in [0, 0.1) is 5.92 Å². The molecule has 0 aromatic carbocycles. The second-order valence-corrected chi connectivity index (χ2v) is 4.21. The lowest BCUT2D eigenvalue weighted by Crippen LogP contribution is -2.54. The molecule has 1 saturated carbocycles. The summed E-state index contributed by atoms with van der Waals surface area (Å²) in [5.41, 5.74) is 4.24. The highest BCUT2D eigenvalue weighted by atomic mass is 19.4. The topological polar surface area (TPSA) is 52.3 Å². The van der Waals surface area contributed by atoms with Crippen molar-refractivity contribution in [3.05, 3.63) is 0 Å². The third-order valence-electron chi connectivity index (χ3n) is 2.93. The Morgan fingerprint density at radius 1 is 1.56 bits per heavy atom. The van der Waals surface area contributed by atoms with E-state index in [4.69, 9.17) is 10.5 Å². The molecule has 0 amide bonds. The average molecular weight is 239 g/mol. The zero-order chi connectivity index (χ0) is 12.4. The van der Waals surface area contributed by atoms with Crippen LogP contribution in [0.5, 0.6) is 0 Å². The van der Waals surface area contributed by atoms with Crippen molar-refractivity contribution < 1.29 is 22.7 Å². The molecule has 1 fully saturated rings. The summed E-state index contributed by atoms with van der Waals surface area (Å²) < 4.78 is 42.3. The van der Waals surface area contributed by atoms with E-state index in [0.717, 1.165) is 0 Å². The van der Waals surface area contributed by atoms with E-state index in [0.29, 0.717) is 6.42 Å².